The molecule has 2 unspecified atom stereocenters. The molecule has 0 fully saturated rings. The Balaban J connectivity index is 2.39. The number of hydrogen-bond acceptors (Lipinski definition) is 4. The van der Waals surface area contributed by atoms with Crippen LogP contribution in [0.4, 0.5) is 0 Å². The van der Waals surface area contributed by atoms with Crippen molar-refractivity contribution < 1.29 is 19.8 Å². The number of amides is 1. The van der Waals surface area contributed by atoms with E-state index in [1.165, 1.54) is 11.3 Å². The van der Waals surface area contributed by atoms with E-state index in [1.807, 2.05) is 0 Å². The van der Waals surface area contributed by atoms with Gasteiger partial charge in [0.25, 0.3) is 5.91 Å². The Morgan fingerprint density at radius 1 is 1.48 bits per heavy atom. The van der Waals surface area contributed by atoms with Crippen molar-refractivity contribution in [2.24, 2.45) is 0 Å². The predicted octanol–water partition coefficient (Wildman–Crippen LogP) is 0.860. The highest BCUT2D eigenvalue weighted by Gasteiger charge is 2.27. The van der Waals surface area contributed by atoms with Crippen molar-refractivity contribution in [1.82, 2.24) is 14.7 Å². The number of fused-ring (bicyclic) bond motifs is 1. The molecule has 0 bridgehead atoms. The standard InChI is InChI=1S/C13H14ClN3O4/c1-6-11(12(19)16-10(7(2)18)13(20)21)17-4-3-8(14)5-9(17)15-6/h3-5,7,10,18H,1-2H3,(H,16,19)(H,20,21). The Bertz CT molecular complexity index is 711. The van der Waals surface area contributed by atoms with Crippen LogP contribution < -0.4 is 5.32 Å². The van der Waals surface area contributed by atoms with E-state index in [2.05, 4.69) is 10.3 Å². The fourth-order valence-electron chi connectivity index (χ4n) is 2.01. The average Bonchev–Trinajstić information content (AvgIpc) is 2.69. The van der Waals surface area contributed by atoms with Crippen LogP contribution in [0.3, 0.4) is 0 Å². The largest absolute Gasteiger partial charge is 0.480 e. The van der Waals surface area contributed by atoms with Gasteiger partial charge in [-0.15, -0.1) is 0 Å². The molecule has 2 aromatic rings. The highest BCUT2D eigenvalue weighted by Crippen LogP contribution is 2.16. The Labute approximate surface area is 125 Å². The summed E-state index contributed by atoms with van der Waals surface area (Å²) in [5, 5.41) is 21.2. The van der Waals surface area contributed by atoms with Crippen LogP contribution in [0.25, 0.3) is 5.65 Å². The molecule has 0 radical (unpaired) electrons. The molecule has 7 nitrogen and oxygen atoms in total. The van der Waals surface area contributed by atoms with Crippen molar-refractivity contribution in [3.05, 3.63) is 34.7 Å². The van der Waals surface area contributed by atoms with Crippen LogP contribution in [0.5, 0.6) is 0 Å². The maximum atomic E-state index is 12.3. The van der Waals surface area contributed by atoms with Gasteiger partial charge in [0.15, 0.2) is 6.04 Å². The molecule has 3 N–H and O–H groups in total. The monoisotopic (exact) mass is 311 g/mol. The second kappa shape index (κ2) is 5.71. The minimum Gasteiger partial charge on any atom is -0.480 e. The molecule has 21 heavy (non-hydrogen) atoms. The Morgan fingerprint density at radius 2 is 2.14 bits per heavy atom. The molecule has 8 heteroatoms. The van der Waals surface area contributed by atoms with Gasteiger partial charge in [-0.25, -0.2) is 9.78 Å². The lowest BCUT2D eigenvalue weighted by Gasteiger charge is -2.17. The molecule has 0 aliphatic rings. The molecule has 0 aliphatic carbocycles. The number of carboxylic acid groups (broad SMARTS) is 1. The van der Waals surface area contributed by atoms with Crippen LogP contribution in [0.2, 0.25) is 5.02 Å². The molecule has 112 valence electrons. The highest BCUT2D eigenvalue weighted by molar-refractivity contribution is 6.30. The van der Waals surface area contributed by atoms with E-state index in [0.717, 1.165) is 0 Å². The number of pyridine rings is 1. The topological polar surface area (TPSA) is 104 Å². The zero-order chi connectivity index (χ0) is 15.7. The van der Waals surface area contributed by atoms with Crippen LogP contribution in [-0.4, -0.2) is 43.6 Å². The van der Waals surface area contributed by atoms with E-state index in [9.17, 15) is 14.7 Å². The number of rotatable bonds is 4. The quantitative estimate of drug-likeness (QED) is 0.777. The number of aliphatic hydroxyl groups excluding tert-OH is 1. The number of carbonyl (C=O) groups excluding carboxylic acids is 1. The lowest BCUT2D eigenvalue weighted by Crippen LogP contribution is -2.48. The van der Waals surface area contributed by atoms with Gasteiger partial charge in [0.2, 0.25) is 0 Å². The molecule has 0 aromatic carbocycles. The first-order chi connectivity index (χ1) is 9.81. The number of hydrogen-bond donors (Lipinski definition) is 3. The first-order valence-electron chi connectivity index (χ1n) is 6.17. The van der Waals surface area contributed by atoms with Gasteiger partial charge >= 0.3 is 5.97 Å². The number of carbonyl (C=O) groups is 2. The van der Waals surface area contributed by atoms with E-state index in [1.54, 1.807) is 25.3 Å². The molecule has 0 spiro atoms. The van der Waals surface area contributed by atoms with Gasteiger partial charge in [-0.1, -0.05) is 11.6 Å². The number of imidazole rings is 1. The molecule has 0 aliphatic heterocycles. The van der Waals surface area contributed by atoms with Gasteiger partial charge in [-0.2, -0.15) is 0 Å². The van der Waals surface area contributed by atoms with Crippen molar-refractivity contribution in [2.45, 2.75) is 26.0 Å². The minimum absolute atomic E-state index is 0.202. The van der Waals surface area contributed by atoms with Gasteiger partial charge in [-0.3, -0.25) is 9.20 Å². The van der Waals surface area contributed by atoms with Crippen molar-refractivity contribution in [2.75, 3.05) is 0 Å². The first-order valence-corrected chi connectivity index (χ1v) is 6.55. The van der Waals surface area contributed by atoms with Gasteiger partial charge in [0, 0.05) is 17.3 Å². The molecule has 2 rings (SSSR count). The third kappa shape index (κ3) is 2.98. The molecular weight excluding hydrogens is 298 g/mol. The molecular formula is C13H14ClN3O4. The average molecular weight is 312 g/mol. The SMILES string of the molecule is Cc1nc2cc(Cl)ccn2c1C(=O)NC(C(=O)O)C(C)O. The Hall–Kier alpha value is -2.12. The summed E-state index contributed by atoms with van der Waals surface area (Å²) in [7, 11) is 0. The summed E-state index contributed by atoms with van der Waals surface area (Å²) in [6.45, 7) is 2.92. The van der Waals surface area contributed by atoms with Crippen molar-refractivity contribution in [3.63, 3.8) is 0 Å². The second-order valence-electron chi connectivity index (χ2n) is 4.65. The van der Waals surface area contributed by atoms with Gasteiger partial charge < -0.3 is 15.5 Å². The number of aliphatic hydroxyl groups is 1. The van der Waals surface area contributed by atoms with E-state index in [0.29, 0.717) is 16.4 Å². The minimum atomic E-state index is -1.39. The van der Waals surface area contributed by atoms with Crippen LogP contribution in [0.1, 0.15) is 23.1 Å². The van der Waals surface area contributed by atoms with Crippen LogP contribution >= 0.6 is 11.6 Å². The highest BCUT2D eigenvalue weighted by atomic mass is 35.5. The van der Waals surface area contributed by atoms with Crippen molar-refractivity contribution in [1.29, 1.82) is 0 Å². The third-order valence-electron chi connectivity index (χ3n) is 3.01. The molecule has 2 heterocycles. The maximum Gasteiger partial charge on any atom is 0.328 e. The van der Waals surface area contributed by atoms with Gasteiger partial charge in [0.05, 0.1) is 11.8 Å². The normalized spacial score (nSPS) is 13.9. The fraction of sp³-hybridized carbons (Fsp3) is 0.308. The predicted molar refractivity (Wildman–Crippen MR) is 75.5 cm³/mol. The van der Waals surface area contributed by atoms with E-state index in [4.69, 9.17) is 16.7 Å². The molecule has 0 saturated carbocycles. The smallest absolute Gasteiger partial charge is 0.328 e. The number of nitrogens with zero attached hydrogens (tertiary/aromatic N) is 2. The number of aromatic nitrogens is 2. The number of aryl methyl sites for hydroxylation is 1. The lowest BCUT2D eigenvalue weighted by atomic mass is 10.1. The van der Waals surface area contributed by atoms with Crippen molar-refractivity contribution in [3.8, 4) is 0 Å². The lowest BCUT2D eigenvalue weighted by molar-refractivity contribution is -0.141. The summed E-state index contributed by atoms with van der Waals surface area (Å²) < 4.78 is 1.51. The zero-order valence-electron chi connectivity index (χ0n) is 11.4. The Morgan fingerprint density at radius 3 is 2.71 bits per heavy atom. The number of aliphatic carboxylic acids is 1. The van der Waals surface area contributed by atoms with Crippen LogP contribution in [0, 0.1) is 6.92 Å². The fourth-order valence-corrected chi connectivity index (χ4v) is 2.16. The third-order valence-corrected chi connectivity index (χ3v) is 3.25. The summed E-state index contributed by atoms with van der Waals surface area (Å²) in [4.78, 5) is 27.5. The van der Waals surface area contributed by atoms with Crippen molar-refractivity contribution >= 4 is 29.1 Å². The Kier molecular flexibility index (Phi) is 4.15. The molecule has 2 atom stereocenters. The second-order valence-corrected chi connectivity index (χ2v) is 5.09. The van der Waals surface area contributed by atoms with Gasteiger partial charge in [0.1, 0.15) is 11.3 Å². The maximum absolute atomic E-state index is 12.3. The van der Waals surface area contributed by atoms with Gasteiger partial charge in [-0.05, 0) is 19.9 Å². The molecule has 0 saturated heterocycles. The van der Waals surface area contributed by atoms with E-state index >= 15 is 0 Å². The van der Waals surface area contributed by atoms with E-state index < -0.39 is 24.0 Å². The summed E-state index contributed by atoms with van der Waals surface area (Å²) >= 11 is 5.86. The number of halogens is 1. The van der Waals surface area contributed by atoms with E-state index in [-0.39, 0.29) is 5.69 Å². The summed E-state index contributed by atoms with van der Waals surface area (Å²) in [5.74, 6) is -1.94. The summed E-state index contributed by atoms with van der Waals surface area (Å²) in [6, 6.07) is 1.79. The number of carboxylic acids is 1. The zero-order valence-corrected chi connectivity index (χ0v) is 12.1. The summed E-state index contributed by atoms with van der Waals surface area (Å²) in [5.41, 5.74) is 1.12. The number of nitrogens with one attached hydrogen (secondary N) is 1. The van der Waals surface area contributed by atoms with Crippen LogP contribution in [0.15, 0.2) is 18.3 Å². The first kappa shape index (κ1) is 15.3. The summed E-state index contributed by atoms with van der Waals surface area (Å²) in [6.07, 6.45) is 0.352. The molecule has 1 amide bonds. The molecule has 2 aromatic heterocycles. The van der Waals surface area contributed by atoms with Crippen LogP contribution in [-0.2, 0) is 4.79 Å².